The Hall–Kier alpha value is -5.74. The molecular weight excluding hydrogens is 839 g/mol. The van der Waals surface area contributed by atoms with E-state index in [1.54, 1.807) is 14.0 Å². The van der Waals surface area contributed by atoms with Crippen molar-refractivity contribution >= 4 is 45.7 Å². The molecule has 0 atom stereocenters. The number of rotatable bonds is 13. The number of hydrogen-bond donors (Lipinski definition) is 1. The Kier molecular flexibility index (Phi) is 15.7. The predicted octanol–water partition coefficient (Wildman–Crippen LogP) is 6.78. The van der Waals surface area contributed by atoms with Crippen molar-refractivity contribution < 1.29 is 23.2 Å². The molecular formula is C50H73N9O7. The van der Waals surface area contributed by atoms with E-state index < -0.39 is 11.1 Å². The fourth-order valence-electron chi connectivity index (χ4n) is 8.70. The summed E-state index contributed by atoms with van der Waals surface area (Å²) in [6.45, 7) is 21.3. The van der Waals surface area contributed by atoms with Crippen LogP contribution in [0.1, 0.15) is 66.9 Å². The van der Waals surface area contributed by atoms with Gasteiger partial charge in [-0.15, -0.1) is 0 Å². The van der Waals surface area contributed by atoms with Crippen molar-refractivity contribution in [1.29, 1.82) is 0 Å². The Morgan fingerprint density at radius 2 is 1.17 bits per heavy atom. The molecule has 360 valence electrons. The second kappa shape index (κ2) is 20.8. The first kappa shape index (κ1) is 49.7. The average Bonchev–Trinajstić information content (AvgIpc) is 3.73. The minimum absolute atomic E-state index is 0.00113. The van der Waals surface area contributed by atoms with Crippen molar-refractivity contribution in [2.45, 2.75) is 97.5 Å². The van der Waals surface area contributed by atoms with Crippen LogP contribution < -0.4 is 26.6 Å². The van der Waals surface area contributed by atoms with Gasteiger partial charge in [0.15, 0.2) is 11.2 Å². The number of oxazole rings is 2. The minimum Gasteiger partial charge on any atom is -0.444 e. The number of carbonyl (C=O) groups excluding carboxylic acids is 2. The van der Waals surface area contributed by atoms with Crippen LogP contribution in [0.15, 0.2) is 85.2 Å². The van der Waals surface area contributed by atoms with Crippen LogP contribution in [-0.4, -0.2) is 145 Å². The number of carbonyl (C=O) groups is 2. The van der Waals surface area contributed by atoms with Crippen molar-refractivity contribution in [2.24, 2.45) is 0 Å². The van der Waals surface area contributed by atoms with E-state index in [9.17, 15) is 19.2 Å². The fourth-order valence-corrected chi connectivity index (χ4v) is 8.70. The number of nitrogens with zero attached hydrogens (tertiary/aromatic N) is 8. The summed E-state index contributed by atoms with van der Waals surface area (Å²) in [5, 5.41) is 3.11. The summed E-state index contributed by atoms with van der Waals surface area (Å²) in [6, 6.07) is 22.3. The smallest absolute Gasteiger partial charge is 0.419 e. The zero-order valence-corrected chi connectivity index (χ0v) is 41.2. The second-order valence-corrected chi connectivity index (χ2v) is 20.4. The molecule has 0 aliphatic carbocycles. The van der Waals surface area contributed by atoms with E-state index >= 15 is 0 Å². The SMILES string of the molecule is CN(C)CCn1c(=O)oc2cc(N3CCN(C(=O)NCCCCc4ccccc4)C(C)(C)C3)ccc21.CN(C)CCn1c(=O)oc2cc(N3CCN(C(=O)OC(C)(C)C)C(C)(C)C3)ccc21. The van der Waals surface area contributed by atoms with E-state index in [2.05, 4.69) is 53.2 Å². The van der Waals surface area contributed by atoms with Gasteiger partial charge < -0.3 is 43.4 Å². The van der Waals surface area contributed by atoms with Crippen LogP contribution in [0.4, 0.5) is 21.0 Å². The number of anilines is 2. The highest BCUT2D eigenvalue weighted by molar-refractivity contribution is 5.80. The van der Waals surface area contributed by atoms with Crippen LogP contribution in [0.3, 0.4) is 0 Å². The second-order valence-electron chi connectivity index (χ2n) is 20.4. The zero-order valence-electron chi connectivity index (χ0n) is 41.2. The van der Waals surface area contributed by atoms with Crippen molar-refractivity contribution in [1.82, 2.24) is 34.1 Å². The van der Waals surface area contributed by atoms with Gasteiger partial charge in [0.25, 0.3) is 0 Å². The number of amides is 3. The third-order valence-electron chi connectivity index (χ3n) is 12.2. The van der Waals surface area contributed by atoms with E-state index in [0.29, 0.717) is 63.5 Å². The molecule has 16 nitrogen and oxygen atoms in total. The van der Waals surface area contributed by atoms with Gasteiger partial charge in [-0.1, -0.05) is 30.3 Å². The number of ether oxygens (including phenoxy) is 1. The highest BCUT2D eigenvalue weighted by atomic mass is 16.6. The summed E-state index contributed by atoms with van der Waals surface area (Å²) in [5.41, 5.74) is 4.88. The topological polar surface area (TPSA) is 145 Å². The van der Waals surface area contributed by atoms with Crippen LogP contribution >= 0.6 is 0 Å². The lowest BCUT2D eigenvalue weighted by atomic mass is 9.98. The Morgan fingerprint density at radius 1 is 0.682 bits per heavy atom. The van der Waals surface area contributed by atoms with E-state index in [1.807, 2.05) is 120 Å². The molecule has 2 saturated heterocycles. The number of piperazine rings is 2. The lowest BCUT2D eigenvalue weighted by Crippen LogP contribution is -2.63. The largest absolute Gasteiger partial charge is 0.444 e. The molecule has 0 spiro atoms. The van der Waals surface area contributed by atoms with Gasteiger partial charge in [0.1, 0.15) is 5.60 Å². The zero-order chi connectivity index (χ0) is 48.0. The van der Waals surface area contributed by atoms with Crippen LogP contribution in [0, 0.1) is 0 Å². The summed E-state index contributed by atoms with van der Waals surface area (Å²) in [5.74, 6) is -0.659. The number of urea groups is 1. The molecule has 5 aromatic rings. The molecule has 0 bridgehead atoms. The molecule has 2 aliphatic rings. The molecule has 1 N–H and O–H groups in total. The van der Waals surface area contributed by atoms with Crippen molar-refractivity contribution in [3.63, 3.8) is 0 Å². The van der Waals surface area contributed by atoms with Gasteiger partial charge in [-0.3, -0.25) is 14.0 Å². The van der Waals surface area contributed by atoms with E-state index in [-0.39, 0.29) is 29.2 Å². The highest BCUT2D eigenvalue weighted by Gasteiger charge is 2.40. The highest BCUT2D eigenvalue weighted by Crippen LogP contribution is 2.31. The van der Waals surface area contributed by atoms with Crippen LogP contribution in [-0.2, 0) is 24.2 Å². The summed E-state index contributed by atoms with van der Waals surface area (Å²) in [6.07, 6.45) is 2.76. The molecule has 0 radical (unpaired) electrons. The van der Waals surface area contributed by atoms with Gasteiger partial charge >= 0.3 is 23.6 Å². The molecule has 0 saturated carbocycles. The molecule has 66 heavy (non-hydrogen) atoms. The van der Waals surface area contributed by atoms with Crippen LogP contribution in [0.5, 0.6) is 0 Å². The summed E-state index contributed by atoms with van der Waals surface area (Å²) in [7, 11) is 7.92. The molecule has 0 unspecified atom stereocenters. The maximum atomic E-state index is 13.0. The molecule has 3 aromatic carbocycles. The molecule has 2 aromatic heterocycles. The average molecular weight is 912 g/mol. The lowest BCUT2D eigenvalue weighted by molar-refractivity contribution is 0.000359. The minimum atomic E-state index is -0.521. The standard InChI is InChI=1S/C28H39N5O3.C22H34N4O4/c1-28(2)21-31(23-13-14-24-25(20-23)36-27(35)32(24)18-16-30(3)4)17-19-33(28)26(34)29-15-9-8-12-22-10-6-5-7-11-22;1-21(2,3)30-20(28)26-13-11-24(15-22(26,4)5)16-8-9-17-18(14-16)29-19(27)25(17)12-10-23(6)7/h5-7,10-11,13-14,20H,8-9,12,15-19,21H2,1-4H3,(H,29,34);8-9,14H,10-13,15H2,1-7H3. The molecule has 4 heterocycles. The van der Waals surface area contributed by atoms with Crippen LogP contribution in [0.25, 0.3) is 22.2 Å². The Bertz CT molecular complexity index is 2530. The third kappa shape index (κ3) is 12.6. The maximum Gasteiger partial charge on any atom is 0.419 e. The molecule has 7 rings (SSSR count). The van der Waals surface area contributed by atoms with Gasteiger partial charge in [0.2, 0.25) is 0 Å². The van der Waals surface area contributed by atoms with Gasteiger partial charge in [0.05, 0.1) is 22.1 Å². The molecule has 2 aliphatic heterocycles. The van der Waals surface area contributed by atoms with Crippen molar-refractivity contribution in [2.75, 3.05) is 96.9 Å². The van der Waals surface area contributed by atoms with Crippen LogP contribution in [0.2, 0.25) is 0 Å². The van der Waals surface area contributed by atoms with E-state index in [1.165, 1.54) is 5.56 Å². The molecule has 16 heteroatoms. The number of benzene rings is 3. The van der Waals surface area contributed by atoms with Gasteiger partial charge in [0, 0.05) is 95.5 Å². The molecule has 2 fully saturated rings. The predicted molar refractivity (Wildman–Crippen MR) is 263 cm³/mol. The number of fused-ring (bicyclic) bond motifs is 2. The number of hydrogen-bond acceptors (Lipinski definition) is 11. The number of nitrogens with one attached hydrogen (secondary N) is 1. The lowest BCUT2D eigenvalue weighted by Gasteiger charge is -2.47. The summed E-state index contributed by atoms with van der Waals surface area (Å²) >= 11 is 0. The van der Waals surface area contributed by atoms with Gasteiger partial charge in [-0.25, -0.2) is 19.2 Å². The van der Waals surface area contributed by atoms with Crippen molar-refractivity contribution in [3.05, 3.63) is 93.4 Å². The normalized spacial score (nSPS) is 16.3. The fraction of sp³-hybridized carbons (Fsp3) is 0.560. The van der Waals surface area contributed by atoms with Gasteiger partial charge in [-0.2, -0.15) is 0 Å². The number of aryl methyl sites for hydroxylation is 1. The third-order valence-corrected chi connectivity index (χ3v) is 12.2. The monoisotopic (exact) mass is 912 g/mol. The van der Waals surface area contributed by atoms with E-state index in [0.717, 1.165) is 61.3 Å². The quantitative estimate of drug-likeness (QED) is 0.125. The number of likely N-dealkylation sites (N-methyl/N-ethyl adjacent to an activating group) is 2. The first-order valence-electron chi connectivity index (χ1n) is 23.3. The molecule has 3 amide bonds. The van der Waals surface area contributed by atoms with Gasteiger partial charge in [-0.05, 0) is 126 Å². The summed E-state index contributed by atoms with van der Waals surface area (Å²) in [4.78, 5) is 62.5. The number of unbranched alkanes of at least 4 members (excludes halogenated alkanes) is 1. The Balaban J connectivity index is 0.000000222. The summed E-state index contributed by atoms with van der Waals surface area (Å²) < 4.78 is 20.0. The number of aromatic nitrogens is 2. The maximum absolute atomic E-state index is 13.0. The van der Waals surface area contributed by atoms with E-state index in [4.69, 9.17) is 13.6 Å². The first-order chi connectivity index (χ1) is 31.1. The Labute approximate surface area is 389 Å². The first-order valence-corrected chi connectivity index (χ1v) is 23.3. The van der Waals surface area contributed by atoms with Crippen molar-refractivity contribution in [3.8, 4) is 0 Å². The Morgan fingerprint density at radius 3 is 1.62 bits per heavy atom.